The van der Waals surface area contributed by atoms with E-state index in [1.807, 2.05) is 36.5 Å². The maximum Gasteiger partial charge on any atom is 0.145 e. The molecule has 2 aromatic carbocycles. The van der Waals surface area contributed by atoms with Gasteiger partial charge in [0.1, 0.15) is 10.4 Å². The molecule has 3 aromatic rings. The molecule has 0 fully saturated rings. The Morgan fingerprint density at radius 3 is 2.37 bits per heavy atom. The van der Waals surface area contributed by atoms with Crippen molar-refractivity contribution in [1.82, 2.24) is 9.55 Å². The van der Waals surface area contributed by atoms with Crippen LogP contribution in [0.5, 0.6) is 0 Å². The first-order valence-electron chi connectivity index (χ1n) is 6.12. The van der Waals surface area contributed by atoms with Gasteiger partial charge in [-0.3, -0.25) is 4.57 Å². The first kappa shape index (κ1) is 12.2. The van der Waals surface area contributed by atoms with Crippen LogP contribution in [-0.2, 0) is 0 Å². The molecule has 0 amide bonds. The lowest BCUT2D eigenvalue weighted by molar-refractivity contribution is 1.05. The molecule has 0 saturated heterocycles. The number of benzene rings is 2. The van der Waals surface area contributed by atoms with Crippen molar-refractivity contribution in [2.75, 3.05) is 0 Å². The maximum absolute atomic E-state index is 4.58. The van der Waals surface area contributed by atoms with E-state index in [-0.39, 0.29) is 0 Å². The van der Waals surface area contributed by atoms with Gasteiger partial charge < -0.3 is 0 Å². The number of aryl methyl sites for hydroxylation is 1. The van der Waals surface area contributed by atoms with E-state index in [4.69, 9.17) is 0 Å². The molecule has 0 N–H and O–H groups in total. The molecule has 0 aliphatic rings. The van der Waals surface area contributed by atoms with Crippen LogP contribution >= 0.6 is 15.9 Å². The van der Waals surface area contributed by atoms with Crippen LogP contribution in [0, 0.1) is 6.92 Å². The Morgan fingerprint density at radius 1 is 0.947 bits per heavy atom. The summed E-state index contributed by atoms with van der Waals surface area (Å²) in [6.07, 6.45) is 2.00. The highest BCUT2D eigenvalue weighted by molar-refractivity contribution is 9.10. The fraction of sp³-hybridized carbons (Fsp3) is 0.0625. The molecular formula is C16H13BrN2. The quantitative estimate of drug-likeness (QED) is 0.675. The molecule has 0 spiro atoms. The van der Waals surface area contributed by atoms with Crippen LogP contribution in [0.4, 0.5) is 0 Å². The van der Waals surface area contributed by atoms with Crippen molar-refractivity contribution in [3.8, 4) is 17.1 Å². The molecule has 19 heavy (non-hydrogen) atoms. The summed E-state index contributed by atoms with van der Waals surface area (Å²) in [5, 5.41) is 0. The fourth-order valence-electron chi connectivity index (χ4n) is 2.16. The summed E-state index contributed by atoms with van der Waals surface area (Å²) in [6, 6.07) is 18.5. The SMILES string of the molecule is Cc1ccccc1-n1cc(Br)nc1-c1ccccc1. The second-order valence-corrected chi connectivity index (χ2v) is 5.22. The van der Waals surface area contributed by atoms with Gasteiger partial charge in [-0.15, -0.1) is 0 Å². The van der Waals surface area contributed by atoms with E-state index >= 15 is 0 Å². The summed E-state index contributed by atoms with van der Waals surface area (Å²) in [4.78, 5) is 4.58. The zero-order valence-corrected chi connectivity index (χ0v) is 12.1. The largest absolute Gasteiger partial charge is 0.298 e. The van der Waals surface area contributed by atoms with Gasteiger partial charge in [0.25, 0.3) is 0 Å². The summed E-state index contributed by atoms with van der Waals surface area (Å²) in [7, 11) is 0. The number of nitrogens with zero attached hydrogens (tertiary/aromatic N) is 2. The highest BCUT2D eigenvalue weighted by Gasteiger charge is 2.11. The van der Waals surface area contributed by atoms with Crippen molar-refractivity contribution in [2.24, 2.45) is 0 Å². The van der Waals surface area contributed by atoms with E-state index in [0.717, 1.165) is 21.7 Å². The zero-order valence-electron chi connectivity index (χ0n) is 10.5. The van der Waals surface area contributed by atoms with Crippen LogP contribution in [0.15, 0.2) is 65.4 Å². The topological polar surface area (TPSA) is 17.8 Å². The van der Waals surface area contributed by atoms with Gasteiger partial charge in [0, 0.05) is 11.8 Å². The van der Waals surface area contributed by atoms with E-state index in [2.05, 4.69) is 56.7 Å². The summed E-state index contributed by atoms with van der Waals surface area (Å²) < 4.78 is 2.96. The first-order valence-corrected chi connectivity index (χ1v) is 6.91. The summed E-state index contributed by atoms with van der Waals surface area (Å²) in [5.41, 5.74) is 3.49. The van der Waals surface area contributed by atoms with Gasteiger partial charge >= 0.3 is 0 Å². The number of imidazole rings is 1. The molecule has 0 saturated carbocycles. The average molecular weight is 313 g/mol. The van der Waals surface area contributed by atoms with Crippen LogP contribution < -0.4 is 0 Å². The molecular weight excluding hydrogens is 300 g/mol. The Kier molecular flexibility index (Phi) is 3.22. The lowest BCUT2D eigenvalue weighted by Crippen LogP contribution is -1.98. The lowest BCUT2D eigenvalue weighted by atomic mass is 10.1. The van der Waals surface area contributed by atoms with Crippen molar-refractivity contribution < 1.29 is 0 Å². The van der Waals surface area contributed by atoms with Gasteiger partial charge in [-0.1, -0.05) is 48.5 Å². The maximum atomic E-state index is 4.58. The summed E-state index contributed by atoms with van der Waals surface area (Å²) in [6.45, 7) is 2.11. The number of halogens is 1. The fourth-order valence-corrected chi connectivity index (χ4v) is 2.53. The summed E-state index contributed by atoms with van der Waals surface area (Å²) >= 11 is 3.47. The van der Waals surface area contributed by atoms with Gasteiger partial charge in [-0.25, -0.2) is 4.98 Å². The predicted octanol–water partition coefficient (Wildman–Crippen LogP) is 4.61. The molecule has 1 aromatic heterocycles. The number of hydrogen-bond acceptors (Lipinski definition) is 1. The second kappa shape index (κ2) is 5.02. The number of hydrogen-bond donors (Lipinski definition) is 0. The molecule has 2 nitrogen and oxygen atoms in total. The zero-order chi connectivity index (χ0) is 13.2. The van der Waals surface area contributed by atoms with Crippen LogP contribution in [0.3, 0.4) is 0 Å². The average Bonchev–Trinajstić information content (AvgIpc) is 2.82. The van der Waals surface area contributed by atoms with Gasteiger partial charge in [-0.05, 0) is 34.5 Å². The van der Waals surface area contributed by atoms with Crippen molar-refractivity contribution in [1.29, 1.82) is 0 Å². The Labute approximate surface area is 120 Å². The molecule has 0 unspecified atom stereocenters. The Morgan fingerprint density at radius 2 is 1.63 bits per heavy atom. The normalized spacial score (nSPS) is 10.6. The molecule has 94 valence electrons. The van der Waals surface area contributed by atoms with Gasteiger partial charge in [0.2, 0.25) is 0 Å². The number of para-hydroxylation sites is 1. The highest BCUT2D eigenvalue weighted by atomic mass is 79.9. The lowest BCUT2D eigenvalue weighted by Gasteiger charge is -2.10. The van der Waals surface area contributed by atoms with Gasteiger partial charge in [0.15, 0.2) is 0 Å². The molecule has 3 rings (SSSR count). The van der Waals surface area contributed by atoms with Crippen molar-refractivity contribution >= 4 is 15.9 Å². The second-order valence-electron chi connectivity index (χ2n) is 4.41. The Balaban J connectivity index is 2.21. The Bertz CT molecular complexity index is 702. The minimum Gasteiger partial charge on any atom is -0.298 e. The van der Waals surface area contributed by atoms with Gasteiger partial charge in [0.05, 0.1) is 5.69 Å². The molecule has 1 heterocycles. The molecule has 0 aliphatic heterocycles. The predicted molar refractivity (Wildman–Crippen MR) is 81.4 cm³/mol. The first-order chi connectivity index (χ1) is 9.25. The molecule has 0 atom stereocenters. The third-order valence-corrected chi connectivity index (χ3v) is 3.47. The smallest absolute Gasteiger partial charge is 0.145 e. The summed E-state index contributed by atoms with van der Waals surface area (Å²) in [5.74, 6) is 0.946. The van der Waals surface area contributed by atoms with Crippen molar-refractivity contribution in [3.63, 3.8) is 0 Å². The monoisotopic (exact) mass is 312 g/mol. The third kappa shape index (κ3) is 2.34. The highest BCUT2D eigenvalue weighted by Crippen LogP contribution is 2.26. The van der Waals surface area contributed by atoms with Crippen LogP contribution in [0.2, 0.25) is 0 Å². The molecule has 0 radical (unpaired) electrons. The van der Waals surface area contributed by atoms with Crippen LogP contribution in [0.1, 0.15) is 5.56 Å². The molecule has 0 aliphatic carbocycles. The van der Waals surface area contributed by atoms with E-state index in [9.17, 15) is 0 Å². The molecule has 3 heteroatoms. The number of aromatic nitrogens is 2. The van der Waals surface area contributed by atoms with E-state index in [1.165, 1.54) is 5.56 Å². The van der Waals surface area contributed by atoms with E-state index in [0.29, 0.717) is 0 Å². The minimum atomic E-state index is 0.842. The van der Waals surface area contributed by atoms with Crippen molar-refractivity contribution in [2.45, 2.75) is 6.92 Å². The van der Waals surface area contributed by atoms with Crippen molar-refractivity contribution in [3.05, 3.63) is 71.0 Å². The minimum absolute atomic E-state index is 0.842. The molecule has 0 bridgehead atoms. The van der Waals surface area contributed by atoms with Crippen LogP contribution in [-0.4, -0.2) is 9.55 Å². The van der Waals surface area contributed by atoms with Gasteiger partial charge in [-0.2, -0.15) is 0 Å². The van der Waals surface area contributed by atoms with E-state index in [1.54, 1.807) is 0 Å². The third-order valence-electron chi connectivity index (χ3n) is 3.08. The van der Waals surface area contributed by atoms with E-state index < -0.39 is 0 Å². The standard InChI is InChI=1S/C16H13BrN2/c1-12-7-5-6-10-14(12)19-11-15(17)18-16(19)13-8-3-2-4-9-13/h2-11H,1H3. The Hall–Kier alpha value is -1.87. The number of rotatable bonds is 2. The van der Waals surface area contributed by atoms with Crippen LogP contribution in [0.25, 0.3) is 17.1 Å².